The van der Waals surface area contributed by atoms with E-state index in [0.29, 0.717) is 22.4 Å². The van der Waals surface area contributed by atoms with Gasteiger partial charge in [0.05, 0.1) is 10.9 Å². The number of aryl methyl sites for hydroxylation is 2. The van der Waals surface area contributed by atoms with E-state index in [9.17, 15) is 14.4 Å². The summed E-state index contributed by atoms with van der Waals surface area (Å²) in [5, 5.41) is 2.56. The number of nitrogens with two attached hydrogens (primary N) is 1. The zero-order chi connectivity index (χ0) is 16.0. The smallest absolute Gasteiger partial charge is 0.264 e. The van der Waals surface area contributed by atoms with E-state index in [4.69, 9.17) is 5.73 Å². The molecule has 7 heteroatoms. The van der Waals surface area contributed by atoms with Crippen molar-refractivity contribution in [2.24, 2.45) is 0 Å². The van der Waals surface area contributed by atoms with Gasteiger partial charge in [0.1, 0.15) is 11.9 Å². The number of amides is 2. The molecule has 0 radical (unpaired) electrons. The third-order valence-corrected chi connectivity index (χ3v) is 3.88. The molecular formula is C15H16N4O3. The van der Waals surface area contributed by atoms with Gasteiger partial charge in [-0.2, -0.15) is 0 Å². The van der Waals surface area contributed by atoms with Crippen LogP contribution in [0.2, 0.25) is 0 Å². The van der Waals surface area contributed by atoms with Crippen molar-refractivity contribution in [3.8, 4) is 0 Å². The van der Waals surface area contributed by atoms with Crippen molar-refractivity contribution in [3.63, 3.8) is 0 Å². The second-order valence-electron chi connectivity index (χ2n) is 5.55. The molecule has 2 amide bonds. The summed E-state index contributed by atoms with van der Waals surface area (Å²) < 4.78 is 1.33. The molecule has 7 nitrogen and oxygen atoms in total. The Balaban J connectivity index is 2.25. The molecule has 0 aliphatic carbocycles. The summed E-state index contributed by atoms with van der Waals surface area (Å²) in [6.45, 7) is 3.54. The molecule has 1 aliphatic rings. The molecule has 0 bridgehead atoms. The van der Waals surface area contributed by atoms with Crippen molar-refractivity contribution in [1.29, 1.82) is 0 Å². The molecule has 1 saturated heterocycles. The first-order valence-electron chi connectivity index (χ1n) is 7.01. The van der Waals surface area contributed by atoms with Crippen LogP contribution in [0.5, 0.6) is 0 Å². The van der Waals surface area contributed by atoms with E-state index in [2.05, 4.69) is 10.3 Å². The molecule has 0 unspecified atom stereocenters. The standard InChI is InChI=1S/C15H16N4O3/c1-7-5-9(16)13-10(6-7)17-8(2)19(15(13)22)11-3-4-12(20)18-14(11)21/h5-6,11H,3-4,16H2,1-2H3,(H,18,20,21)/t11-/m1/s1. The molecule has 1 fully saturated rings. The van der Waals surface area contributed by atoms with E-state index in [1.165, 1.54) is 4.57 Å². The summed E-state index contributed by atoms with van der Waals surface area (Å²) in [6, 6.07) is 2.76. The minimum atomic E-state index is -0.734. The Morgan fingerprint density at radius 2 is 2.00 bits per heavy atom. The molecule has 0 saturated carbocycles. The van der Waals surface area contributed by atoms with Crippen LogP contribution in [0.25, 0.3) is 10.9 Å². The van der Waals surface area contributed by atoms with Crippen LogP contribution in [0.4, 0.5) is 5.69 Å². The molecule has 2 heterocycles. The first-order chi connectivity index (χ1) is 10.4. The van der Waals surface area contributed by atoms with Gasteiger partial charge in [0.2, 0.25) is 11.8 Å². The first-order valence-corrected chi connectivity index (χ1v) is 7.01. The van der Waals surface area contributed by atoms with Crippen molar-refractivity contribution in [2.45, 2.75) is 32.7 Å². The highest BCUT2D eigenvalue weighted by Crippen LogP contribution is 2.22. The van der Waals surface area contributed by atoms with Gasteiger partial charge in [-0.1, -0.05) is 0 Å². The number of imide groups is 1. The molecular weight excluding hydrogens is 284 g/mol. The van der Waals surface area contributed by atoms with Gasteiger partial charge in [0.25, 0.3) is 5.56 Å². The lowest BCUT2D eigenvalue weighted by atomic mass is 10.0. The monoisotopic (exact) mass is 300 g/mol. The molecule has 0 spiro atoms. The zero-order valence-electron chi connectivity index (χ0n) is 12.3. The molecule has 1 aromatic heterocycles. The minimum Gasteiger partial charge on any atom is -0.398 e. The Bertz CT molecular complexity index is 869. The van der Waals surface area contributed by atoms with Crippen molar-refractivity contribution < 1.29 is 9.59 Å². The number of carbonyl (C=O) groups excluding carboxylic acids is 2. The van der Waals surface area contributed by atoms with Crippen molar-refractivity contribution >= 4 is 28.4 Å². The van der Waals surface area contributed by atoms with Crippen LogP contribution >= 0.6 is 0 Å². The van der Waals surface area contributed by atoms with Crippen LogP contribution in [-0.2, 0) is 9.59 Å². The van der Waals surface area contributed by atoms with Crippen LogP contribution in [0.15, 0.2) is 16.9 Å². The summed E-state index contributed by atoms with van der Waals surface area (Å²) >= 11 is 0. The second kappa shape index (κ2) is 4.94. The average molecular weight is 300 g/mol. The molecule has 22 heavy (non-hydrogen) atoms. The van der Waals surface area contributed by atoms with Gasteiger partial charge >= 0.3 is 0 Å². The number of hydrogen-bond acceptors (Lipinski definition) is 5. The summed E-state index contributed by atoms with van der Waals surface area (Å²) in [5.41, 5.74) is 7.37. The SMILES string of the molecule is Cc1cc(N)c2c(=O)n([C@@H]3CCC(=O)NC3=O)c(C)nc2c1. The van der Waals surface area contributed by atoms with Gasteiger partial charge in [-0.25, -0.2) is 4.98 Å². The highest BCUT2D eigenvalue weighted by atomic mass is 16.2. The molecule has 1 aliphatic heterocycles. The number of carbonyl (C=O) groups is 2. The predicted octanol–water partition coefficient (Wildman–Crippen LogP) is 0.573. The molecule has 114 valence electrons. The fourth-order valence-corrected chi connectivity index (χ4v) is 2.91. The number of hydrogen-bond donors (Lipinski definition) is 2. The van der Waals surface area contributed by atoms with E-state index in [-0.39, 0.29) is 24.3 Å². The fourth-order valence-electron chi connectivity index (χ4n) is 2.91. The van der Waals surface area contributed by atoms with Crippen LogP contribution in [0.3, 0.4) is 0 Å². The normalized spacial score (nSPS) is 18.5. The van der Waals surface area contributed by atoms with E-state index >= 15 is 0 Å². The van der Waals surface area contributed by atoms with Crippen molar-refractivity contribution in [3.05, 3.63) is 33.9 Å². The number of nitrogens with one attached hydrogen (secondary N) is 1. The lowest BCUT2D eigenvalue weighted by Crippen LogP contribution is -2.45. The first kappa shape index (κ1) is 14.2. The number of anilines is 1. The Kier molecular flexibility index (Phi) is 3.20. The van der Waals surface area contributed by atoms with E-state index in [1.807, 2.05) is 6.92 Å². The highest BCUT2D eigenvalue weighted by Gasteiger charge is 2.30. The second-order valence-corrected chi connectivity index (χ2v) is 5.55. The number of fused-ring (bicyclic) bond motifs is 1. The van der Waals surface area contributed by atoms with Gasteiger partial charge in [-0.05, 0) is 38.0 Å². The lowest BCUT2D eigenvalue weighted by molar-refractivity contribution is -0.135. The molecule has 2 aromatic rings. The maximum Gasteiger partial charge on any atom is 0.264 e. The van der Waals surface area contributed by atoms with Crippen LogP contribution in [-0.4, -0.2) is 21.4 Å². The quantitative estimate of drug-likeness (QED) is 0.591. The van der Waals surface area contributed by atoms with Crippen LogP contribution < -0.4 is 16.6 Å². The van der Waals surface area contributed by atoms with Gasteiger partial charge < -0.3 is 5.73 Å². The summed E-state index contributed by atoms with van der Waals surface area (Å²) in [7, 11) is 0. The lowest BCUT2D eigenvalue weighted by Gasteiger charge is -2.24. The highest BCUT2D eigenvalue weighted by molar-refractivity contribution is 5.99. The van der Waals surface area contributed by atoms with Crippen molar-refractivity contribution in [2.75, 3.05) is 5.73 Å². The summed E-state index contributed by atoms with van der Waals surface area (Å²) in [4.78, 5) is 40.5. The fraction of sp³-hybridized carbons (Fsp3) is 0.333. The third kappa shape index (κ3) is 2.14. The van der Waals surface area contributed by atoms with E-state index in [1.54, 1.807) is 19.1 Å². The van der Waals surface area contributed by atoms with Crippen LogP contribution in [0, 0.1) is 13.8 Å². The van der Waals surface area contributed by atoms with E-state index < -0.39 is 11.9 Å². The van der Waals surface area contributed by atoms with Gasteiger partial charge in [0, 0.05) is 12.1 Å². The number of benzene rings is 1. The third-order valence-electron chi connectivity index (χ3n) is 3.88. The van der Waals surface area contributed by atoms with Gasteiger partial charge in [-0.3, -0.25) is 24.3 Å². The zero-order valence-corrected chi connectivity index (χ0v) is 12.3. The minimum absolute atomic E-state index is 0.198. The predicted molar refractivity (Wildman–Crippen MR) is 81.3 cm³/mol. The number of aromatic nitrogens is 2. The molecule has 1 aromatic carbocycles. The summed E-state index contributed by atoms with van der Waals surface area (Å²) in [5.74, 6) is -0.374. The number of piperidine rings is 1. The summed E-state index contributed by atoms with van der Waals surface area (Å²) in [6.07, 6.45) is 0.480. The number of nitrogens with zero attached hydrogens (tertiary/aromatic N) is 2. The Labute approximate surface area is 126 Å². The Hall–Kier alpha value is -2.70. The molecule has 3 rings (SSSR count). The maximum absolute atomic E-state index is 12.8. The largest absolute Gasteiger partial charge is 0.398 e. The average Bonchev–Trinajstić information content (AvgIpc) is 2.39. The Morgan fingerprint density at radius 1 is 1.27 bits per heavy atom. The number of nitrogen functional groups attached to an aromatic ring is 1. The molecule has 1 atom stereocenters. The number of rotatable bonds is 1. The Morgan fingerprint density at radius 3 is 2.68 bits per heavy atom. The van der Waals surface area contributed by atoms with Crippen LogP contribution in [0.1, 0.15) is 30.3 Å². The maximum atomic E-state index is 12.8. The van der Waals surface area contributed by atoms with Gasteiger partial charge in [-0.15, -0.1) is 0 Å². The molecule has 3 N–H and O–H groups in total. The van der Waals surface area contributed by atoms with Gasteiger partial charge in [0.15, 0.2) is 0 Å². The van der Waals surface area contributed by atoms with E-state index in [0.717, 1.165) is 5.56 Å². The topological polar surface area (TPSA) is 107 Å². The van der Waals surface area contributed by atoms with Crippen molar-refractivity contribution in [1.82, 2.24) is 14.9 Å².